The van der Waals surface area contributed by atoms with Crippen molar-refractivity contribution in [2.75, 3.05) is 7.11 Å². The molecule has 0 fully saturated rings. The lowest BCUT2D eigenvalue weighted by molar-refractivity contribution is 0.0734. The molecule has 0 aliphatic rings. The highest BCUT2D eigenvalue weighted by Crippen LogP contribution is 2.25. The summed E-state index contributed by atoms with van der Waals surface area (Å²) in [6.07, 6.45) is 1.58. The Labute approximate surface area is 157 Å². The third-order valence-electron chi connectivity index (χ3n) is 4.00. The summed E-state index contributed by atoms with van der Waals surface area (Å²) in [7, 11) is 1.56. The number of phenols is 1. The summed E-state index contributed by atoms with van der Waals surface area (Å²) >= 11 is 0. The lowest BCUT2D eigenvalue weighted by atomic mass is 10.2. The number of para-hydroxylation sites is 1. The summed E-state index contributed by atoms with van der Waals surface area (Å²) in [6, 6.07) is 18.9. The molecule has 0 aliphatic heterocycles. The lowest BCUT2D eigenvalue weighted by Gasteiger charge is -2.07. The standard InChI is InChI=1S/C22H19NO4/c1-15-5-3-4-6-20(15)23-14-17-9-12-19(13-21(17)24)27-22(25)16-7-10-18(26-2)11-8-16/h3-14,24H,1-2H3. The highest BCUT2D eigenvalue weighted by atomic mass is 16.5. The molecule has 5 nitrogen and oxygen atoms in total. The smallest absolute Gasteiger partial charge is 0.343 e. The second-order valence-electron chi connectivity index (χ2n) is 5.88. The second kappa shape index (κ2) is 8.19. The van der Waals surface area contributed by atoms with Crippen molar-refractivity contribution in [1.82, 2.24) is 0 Å². The van der Waals surface area contributed by atoms with Gasteiger partial charge in [-0.05, 0) is 55.0 Å². The van der Waals surface area contributed by atoms with Gasteiger partial charge >= 0.3 is 5.97 Å². The number of aromatic hydroxyl groups is 1. The number of ether oxygens (including phenoxy) is 2. The number of carbonyl (C=O) groups is 1. The summed E-state index contributed by atoms with van der Waals surface area (Å²) in [6.45, 7) is 1.97. The number of hydrogen-bond donors (Lipinski definition) is 1. The van der Waals surface area contributed by atoms with E-state index in [1.807, 2.05) is 31.2 Å². The van der Waals surface area contributed by atoms with Crippen LogP contribution in [0.2, 0.25) is 0 Å². The molecule has 27 heavy (non-hydrogen) atoms. The van der Waals surface area contributed by atoms with Gasteiger partial charge in [-0.2, -0.15) is 0 Å². The zero-order chi connectivity index (χ0) is 19.2. The first kappa shape index (κ1) is 18.2. The average Bonchev–Trinajstić information content (AvgIpc) is 2.68. The van der Waals surface area contributed by atoms with Crippen LogP contribution in [0.15, 0.2) is 71.7 Å². The van der Waals surface area contributed by atoms with E-state index in [4.69, 9.17) is 9.47 Å². The first-order valence-electron chi connectivity index (χ1n) is 8.36. The number of nitrogens with zero attached hydrogens (tertiary/aromatic N) is 1. The van der Waals surface area contributed by atoms with Gasteiger partial charge in [0.25, 0.3) is 0 Å². The van der Waals surface area contributed by atoms with Crippen LogP contribution in [0.1, 0.15) is 21.5 Å². The Hall–Kier alpha value is -3.60. The molecule has 0 saturated heterocycles. The molecule has 0 saturated carbocycles. The number of carbonyl (C=O) groups excluding carboxylic acids is 1. The highest BCUT2D eigenvalue weighted by molar-refractivity contribution is 5.91. The fraction of sp³-hybridized carbons (Fsp3) is 0.0909. The maximum atomic E-state index is 12.2. The van der Waals surface area contributed by atoms with E-state index >= 15 is 0 Å². The molecule has 0 spiro atoms. The zero-order valence-electron chi connectivity index (χ0n) is 15.0. The molecule has 0 bridgehead atoms. The van der Waals surface area contributed by atoms with Crippen molar-refractivity contribution >= 4 is 17.9 Å². The van der Waals surface area contributed by atoms with E-state index in [-0.39, 0.29) is 11.5 Å². The molecule has 0 radical (unpaired) electrons. The van der Waals surface area contributed by atoms with Gasteiger partial charge in [-0.3, -0.25) is 4.99 Å². The minimum atomic E-state index is -0.515. The van der Waals surface area contributed by atoms with E-state index in [1.165, 1.54) is 6.07 Å². The van der Waals surface area contributed by atoms with Crippen LogP contribution < -0.4 is 9.47 Å². The summed E-state index contributed by atoms with van der Waals surface area (Å²) in [5, 5.41) is 10.2. The summed E-state index contributed by atoms with van der Waals surface area (Å²) < 4.78 is 10.4. The van der Waals surface area contributed by atoms with Crippen LogP contribution in [0.5, 0.6) is 17.2 Å². The normalized spacial score (nSPS) is 10.7. The van der Waals surface area contributed by atoms with Crippen molar-refractivity contribution in [3.05, 3.63) is 83.4 Å². The topological polar surface area (TPSA) is 68.1 Å². The van der Waals surface area contributed by atoms with E-state index < -0.39 is 5.97 Å². The Morgan fingerprint density at radius 1 is 1.00 bits per heavy atom. The van der Waals surface area contributed by atoms with Crippen molar-refractivity contribution in [3.8, 4) is 17.2 Å². The third kappa shape index (κ3) is 4.52. The quantitative estimate of drug-likeness (QED) is 0.407. The molecule has 0 atom stereocenters. The van der Waals surface area contributed by atoms with Crippen molar-refractivity contribution in [3.63, 3.8) is 0 Å². The fourth-order valence-electron chi connectivity index (χ4n) is 2.44. The van der Waals surface area contributed by atoms with E-state index in [0.717, 1.165) is 11.3 Å². The molecule has 0 amide bonds. The van der Waals surface area contributed by atoms with Gasteiger partial charge in [-0.15, -0.1) is 0 Å². The number of aryl methyl sites for hydroxylation is 1. The van der Waals surface area contributed by atoms with Gasteiger partial charge < -0.3 is 14.6 Å². The number of rotatable bonds is 5. The molecule has 0 aromatic heterocycles. The fourth-order valence-corrected chi connectivity index (χ4v) is 2.44. The number of esters is 1. The van der Waals surface area contributed by atoms with E-state index in [1.54, 1.807) is 49.7 Å². The van der Waals surface area contributed by atoms with Crippen LogP contribution in [0.3, 0.4) is 0 Å². The molecule has 0 heterocycles. The Morgan fingerprint density at radius 3 is 2.37 bits per heavy atom. The van der Waals surface area contributed by atoms with E-state index in [2.05, 4.69) is 4.99 Å². The number of aliphatic imine (C=N–C) groups is 1. The number of benzene rings is 3. The zero-order valence-corrected chi connectivity index (χ0v) is 15.0. The second-order valence-corrected chi connectivity index (χ2v) is 5.88. The van der Waals surface area contributed by atoms with Gasteiger partial charge in [0.1, 0.15) is 17.2 Å². The highest BCUT2D eigenvalue weighted by Gasteiger charge is 2.10. The molecule has 0 aliphatic carbocycles. The Bertz CT molecular complexity index is 978. The first-order chi connectivity index (χ1) is 13.1. The third-order valence-corrected chi connectivity index (χ3v) is 4.00. The van der Waals surface area contributed by atoms with Crippen LogP contribution in [0.4, 0.5) is 5.69 Å². The molecule has 136 valence electrons. The van der Waals surface area contributed by atoms with E-state index in [0.29, 0.717) is 16.9 Å². The molecule has 0 unspecified atom stereocenters. The predicted octanol–water partition coefficient (Wildman–Crippen LogP) is 4.68. The van der Waals surface area contributed by atoms with Crippen LogP contribution in [-0.4, -0.2) is 24.4 Å². The van der Waals surface area contributed by atoms with Crippen LogP contribution in [0, 0.1) is 6.92 Å². The van der Waals surface area contributed by atoms with Crippen molar-refractivity contribution in [2.45, 2.75) is 6.92 Å². The van der Waals surface area contributed by atoms with Crippen molar-refractivity contribution in [1.29, 1.82) is 0 Å². The molecular weight excluding hydrogens is 342 g/mol. The van der Waals surface area contributed by atoms with Gasteiger partial charge in [0.05, 0.1) is 18.4 Å². The largest absolute Gasteiger partial charge is 0.507 e. The summed E-state index contributed by atoms with van der Waals surface area (Å²) in [5.74, 6) is 0.369. The summed E-state index contributed by atoms with van der Waals surface area (Å²) in [4.78, 5) is 16.6. The maximum Gasteiger partial charge on any atom is 0.343 e. The van der Waals surface area contributed by atoms with Gasteiger partial charge in [0.2, 0.25) is 0 Å². The van der Waals surface area contributed by atoms with Gasteiger partial charge in [-0.25, -0.2) is 4.79 Å². The van der Waals surface area contributed by atoms with Crippen LogP contribution >= 0.6 is 0 Å². The summed E-state index contributed by atoms with van der Waals surface area (Å²) in [5.41, 5.74) is 2.79. The lowest BCUT2D eigenvalue weighted by Crippen LogP contribution is -2.08. The number of methoxy groups -OCH3 is 1. The molecule has 5 heteroatoms. The molecular formula is C22H19NO4. The van der Waals surface area contributed by atoms with Gasteiger partial charge in [-0.1, -0.05) is 18.2 Å². The Morgan fingerprint density at radius 2 is 1.70 bits per heavy atom. The Balaban J connectivity index is 1.72. The SMILES string of the molecule is COc1ccc(C(=O)Oc2ccc(C=Nc3ccccc3C)c(O)c2)cc1. The van der Waals surface area contributed by atoms with Crippen molar-refractivity contribution < 1.29 is 19.4 Å². The first-order valence-corrected chi connectivity index (χ1v) is 8.36. The van der Waals surface area contributed by atoms with Crippen LogP contribution in [-0.2, 0) is 0 Å². The van der Waals surface area contributed by atoms with Gasteiger partial charge in [0, 0.05) is 17.8 Å². The number of phenolic OH excluding ortho intramolecular Hbond substituents is 1. The molecule has 1 N–H and O–H groups in total. The molecule has 3 rings (SSSR count). The molecule has 3 aromatic carbocycles. The van der Waals surface area contributed by atoms with Crippen LogP contribution in [0.25, 0.3) is 0 Å². The Kier molecular flexibility index (Phi) is 5.52. The minimum Gasteiger partial charge on any atom is -0.507 e. The minimum absolute atomic E-state index is 0.0210. The van der Waals surface area contributed by atoms with Crippen molar-refractivity contribution in [2.24, 2.45) is 4.99 Å². The van der Waals surface area contributed by atoms with Gasteiger partial charge in [0.15, 0.2) is 0 Å². The number of hydrogen-bond acceptors (Lipinski definition) is 5. The molecule has 3 aromatic rings. The maximum absolute atomic E-state index is 12.2. The average molecular weight is 361 g/mol. The predicted molar refractivity (Wildman–Crippen MR) is 104 cm³/mol. The monoisotopic (exact) mass is 361 g/mol. The van der Waals surface area contributed by atoms with E-state index in [9.17, 15) is 9.90 Å².